The number of rotatable bonds is 3. The summed E-state index contributed by atoms with van der Waals surface area (Å²) >= 11 is 0. The minimum Gasteiger partial charge on any atom is -0.335 e. The molecule has 7 nitrogen and oxygen atoms in total. The van der Waals surface area contributed by atoms with Crippen LogP contribution in [0, 0.1) is 0 Å². The van der Waals surface area contributed by atoms with E-state index in [4.69, 9.17) is 0 Å². The van der Waals surface area contributed by atoms with Crippen LogP contribution in [0.2, 0.25) is 0 Å². The first-order valence-electron chi connectivity index (χ1n) is 7.43. The minimum atomic E-state index is 0.675. The average molecular weight is 317 g/mol. The van der Waals surface area contributed by atoms with Crippen LogP contribution >= 0.6 is 0 Å². The standard InChI is InChI=1S/C17H15N7/c1-10(12-7-19-20-8-12)3-4-13-11(2)16(24-23-13)17-21-14-5-6-18-9-15(14)22-17/h3-9,23H,2H2,1H3,(H,19,20)(H,21,22)/b10-3+,13-4+. The van der Waals surface area contributed by atoms with Crippen LogP contribution in [0.1, 0.15) is 12.5 Å². The number of allylic oxidation sites excluding steroid dienone is 2. The lowest BCUT2D eigenvalue weighted by Crippen LogP contribution is -2.21. The molecule has 0 unspecified atom stereocenters. The van der Waals surface area contributed by atoms with Gasteiger partial charge in [-0.05, 0) is 24.6 Å². The van der Waals surface area contributed by atoms with Crippen LogP contribution in [0.25, 0.3) is 40.8 Å². The Kier molecular flexibility index (Phi) is 3.31. The van der Waals surface area contributed by atoms with Crippen molar-refractivity contribution in [2.45, 2.75) is 6.92 Å². The lowest BCUT2D eigenvalue weighted by molar-refractivity contribution is 1.06. The first-order valence-corrected chi connectivity index (χ1v) is 7.43. The molecular weight excluding hydrogens is 302 g/mol. The number of pyridine rings is 1. The van der Waals surface area contributed by atoms with E-state index in [2.05, 4.69) is 41.9 Å². The van der Waals surface area contributed by atoms with Crippen LogP contribution in [0.15, 0.2) is 36.9 Å². The van der Waals surface area contributed by atoms with Crippen molar-refractivity contribution in [2.24, 2.45) is 0 Å². The molecule has 0 amide bonds. The third kappa shape index (κ3) is 2.41. The SMILES string of the molecule is C=c1c(-c2nc3ccncc3[nH]2)n[nH]/c1=C/C=C(\C)c1cn[nH]c1. The summed E-state index contributed by atoms with van der Waals surface area (Å²) in [6, 6.07) is 1.86. The molecular formula is C17H15N7. The number of fused-ring (bicyclic) bond motifs is 1. The quantitative estimate of drug-likeness (QED) is 0.531. The Morgan fingerprint density at radius 3 is 3.00 bits per heavy atom. The highest BCUT2D eigenvalue weighted by molar-refractivity contribution is 5.77. The third-order valence-electron chi connectivity index (χ3n) is 3.86. The maximum Gasteiger partial charge on any atom is 0.159 e. The molecule has 24 heavy (non-hydrogen) atoms. The molecule has 4 aromatic rings. The maximum atomic E-state index is 4.53. The van der Waals surface area contributed by atoms with Crippen LogP contribution < -0.4 is 10.6 Å². The molecule has 3 N–H and O–H groups in total. The second-order valence-electron chi connectivity index (χ2n) is 5.45. The van der Waals surface area contributed by atoms with Gasteiger partial charge in [0.05, 0.1) is 28.8 Å². The second kappa shape index (κ2) is 5.62. The highest BCUT2D eigenvalue weighted by Crippen LogP contribution is 2.14. The van der Waals surface area contributed by atoms with Gasteiger partial charge < -0.3 is 4.98 Å². The molecule has 0 aliphatic heterocycles. The summed E-state index contributed by atoms with van der Waals surface area (Å²) in [6.45, 7) is 6.14. The van der Waals surface area contributed by atoms with Crippen molar-refractivity contribution in [2.75, 3.05) is 0 Å². The number of hydrogen-bond acceptors (Lipinski definition) is 4. The van der Waals surface area contributed by atoms with E-state index in [9.17, 15) is 0 Å². The Labute approximate surface area is 136 Å². The van der Waals surface area contributed by atoms with Crippen LogP contribution in [-0.2, 0) is 0 Å². The number of nitrogens with zero attached hydrogens (tertiary/aromatic N) is 4. The first kappa shape index (κ1) is 14.1. The highest BCUT2D eigenvalue weighted by atomic mass is 15.1. The molecule has 0 fully saturated rings. The molecule has 0 spiro atoms. The molecule has 0 radical (unpaired) electrons. The van der Waals surface area contributed by atoms with Crippen molar-refractivity contribution in [3.63, 3.8) is 0 Å². The fourth-order valence-electron chi connectivity index (χ4n) is 2.45. The second-order valence-corrected chi connectivity index (χ2v) is 5.45. The van der Waals surface area contributed by atoms with E-state index < -0.39 is 0 Å². The summed E-state index contributed by atoms with van der Waals surface area (Å²) in [5, 5.41) is 15.7. The summed E-state index contributed by atoms with van der Waals surface area (Å²) in [7, 11) is 0. The Morgan fingerprint density at radius 1 is 1.29 bits per heavy atom. The van der Waals surface area contributed by atoms with E-state index in [1.807, 2.05) is 31.3 Å². The fourth-order valence-corrected chi connectivity index (χ4v) is 2.45. The number of hydrogen-bond donors (Lipinski definition) is 3. The average Bonchev–Trinajstić information content (AvgIpc) is 3.32. The molecule has 118 valence electrons. The van der Waals surface area contributed by atoms with Crippen LogP contribution in [0.5, 0.6) is 0 Å². The van der Waals surface area contributed by atoms with E-state index in [0.29, 0.717) is 11.5 Å². The van der Waals surface area contributed by atoms with Gasteiger partial charge in [0.25, 0.3) is 0 Å². The summed E-state index contributed by atoms with van der Waals surface area (Å²) < 4.78 is 0. The van der Waals surface area contributed by atoms with E-state index >= 15 is 0 Å². The maximum absolute atomic E-state index is 4.53. The van der Waals surface area contributed by atoms with Gasteiger partial charge in [0.15, 0.2) is 5.82 Å². The molecule has 0 aliphatic rings. The van der Waals surface area contributed by atoms with Gasteiger partial charge in [-0.2, -0.15) is 10.2 Å². The smallest absolute Gasteiger partial charge is 0.159 e. The number of aromatic nitrogens is 7. The fraction of sp³-hybridized carbons (Fsp3) is 0.0588. The molecule has 4 aromatic heterocycles. The van der Waals surface area contributed by atoms with Crippen molar-refractivity contribution >= 4 is 29.3 Å². The molecule has 4 heterocycles. The van der Waals surface area contributed by atoms with Crippen molar-refractivity contribution < 1.29 is 0 Å². The normalized spacial score (nSPS) is 13.0. The predicted octanol–water partition coefficient (Wildman–Crippen LogP) is 1.37. The van der Waals surface area contributed by atoms with E-state index in [1.165, 1.54) is 0 Å². The predicted molar refractivity (Wildman–Crippen MR) is 92.9 cm³/mol. The third-order valence-corrected chi connectivity index (χ3v) is 3.86. The van der Waals surface area contributed by atoms with Gasteiger partial charge in [-0.1, -0.05) is 12.7 Å². The largest absolute Gasteiger partial charge is 0.335 e. The van der Waals surface area contributed by atoms with Crippen LogP contribution in [-0.4, -0.2) is 35.3 Å². The first-order chi connectivity index (χ1) is 11.7. The summed E-state index contributed by atoms with van der Waals surface area (Å²) in [6.07, 6.45) is 11.0. The summed E-state index contributed by atoms with van der Waals surface area (Å²) in [4.78, 5) is 11.8. The van der Waals surface area contributed by atoms with Crippen molar-refractivity contribution in [3.8, 4) is 11.5 Å². The molecule has 0 saturated carbocycles. The van der Waals surface area contributed by atoms with E-state index in [1.54, 1.807) is 18.6 Å². The minimum absolute atomic E-state index is 0.675. The van der Waals surface area contributed by atoms with Gasteiger partial charge in [0, 0.05) is 23.2 Å². The Balaban J connectivity index is 1.74. The van der Waals surface area contributed by atoms with E-state index in [-0.39, 0.29) is 0 Å². The monoisotopic (exact) mass is 317 g/mol. The van der Waals surface area contributed by atoms with Gasteiger partial charge >= 0.3 is 0 Å². The zero-order chi connectivity index (χ0) is 16.5. The van der Waals surface area contributed by atoms with Gasteiger partial charge in [0.2, 0.25) is 0 Å². The van der Waals surface area contributed by atoms with Gasteiger partial charge in [-0.15, -0.1) is 0 Å². The van der Waals surface area contributed by atoms with Crippen molar-refractivity contribution in [3.05, 3.63) is 53.1 Å². The molecule has 0 aromatic carbocycles. The summed E-state index contributed by atoms with van der Waals surface area (Å²) in [5.41, 5.74) is 4.56. The summed E-state index contributed by atoms with van der Waals surface area (Å²) in [5.74, 6) is 0.675. The number of aromatic amines is 3. The van der Waals surface area contributed by atoms with Gasteiger partial charge in [-0.3, -0.25) is 15.2 Å². The lowest BCUT2D eigenvalue weighted by Gasteiger charge is -1.91. The topological polar surface area (TPSA) is 98.9 Å². The Bertz CT molecular complexity index is 1100. The van der Waals surface area contributed by atoms with Crippen LogP contribution in [0.3, 0.4) is 0 Å². The molecule has 0 bridgehead atoms. The van der Waals surface area contributed by atoms with E-state index in [0.717, 1.165) is 32.7 Å². The lowest BCUT2D eigenvalue weighted by atomic mass is 10.1. The number of H-pyrrole nitrogens is 3. The molecule has 0 saturated heterocycles. The molecule has 4 rings (SSSR count). The Hall–Kier alpha value is -3.48. The molecule has 0 aliphatic carbocycles. The van der Waals surface area contributed by atoms with Gasteiger partial charge in [-0.25, -0.2) is 4.98 Å². The zero-order valence-corrected chi connectivity index (χ0v) is 13.0. The Morgan fingerprint density at radius 2 is 2.21 bits per heavy atom. The van der Waals surface area contributed by atoms with Crippen LogP contribution in [0.4, 0.5) is 0 Å². The zero-order valence-electron chi connectivity index (χ0n) is 13.0. The van der Waals surface area contributed by atoms with Gasteiger partial charge in [0.1, 0.15) is 5.69 Å². The highest BCUT2D eigenvalue weighted by Gasteiger charge is 2.09. The van der Waals surface area contributed by atoms with Crippen molar-refractivity contribution in [1.29, 1.82) is 0 Å². The number of imidazole rings is 1. The van der Waals surface area contributed by atoms with Crippen molar-refractivity contribution in [1.82, 2.24) is 35.3 Å². The molecule has 7 heteroatoms. The molecule has 0 atom stereocenters. The number of nitrogens with one attached hydrogen (secondary N) is 3.